The third-order valence-electron chi connectivity index (χ3n) is 2.67. The largest absolute Gasteiger partial charge is 0.573 e. The van der Waals surface area contributed by atoms with Crippen LogP contribution in [0.5, 0.6) is 5.75 Å². The fraction of sp³-hybridized carbons (Fsp3) is 0.143. The zero-order valence-electron chi connectivity index (χ0n) is 10.7. The van der Waals surface area contributed by atoms with E-state index in [1.807, 2.05) is 0 Å². The van der Waals surface area contributed by atoms with Crippen molar-refractivity contribution in [1.29, 1.82) is 0 Å². The van der Waals surface area contributed by atoms with Gasteiger partial charge in [0.25, 0.3) is 0 Å². The summed E-state index contributed by atoms with van der Waals surface area (Å²) < 4.78 is 54.1. The zero-order valence-corrected chi connectivity index (χ0v) is 11.5. The first-order chi connectivity index (χ1) is 9.39. The van der Waals surface area contributed by atoms with Crippen LogP contribution in [0.25, 0.3) is 11.1 Å². The van der Waals surface area contributed by atoms with Crippen LogP contribution in [0.4, 0.5) is 17.6 Å². The van der Waals surface area contributed by atoms with Gasteiger partial charge in [0.1, 0.15) is 11.6 Å². The second-order valence-electron chi connectivity index (χ2n) is 4.08. The van der Waals surface area contributed by atoms with E-state index >= 15 is 0 Å². The van der Waals surface area contributed by atoms with Crippen LogP contribution < -0.4 is 10.5 Å². The molecule has 0 aromatic heterocycles. The van der Waals surface area contributed by atoms with Crippen LogP contribution in [0.1, 0.15) is 5.56 Å². The predicted molar refractivity (Wildman–Crippen MR) is 73.7 cm³/mol. The molecule has 0 aliphatic heterocycles. The molecule has 0 atom stereocenters. The number of rotatable bonds is 3. The highest BCUT2D eigenvalue weighted by Gasteiger charge is 2.32. The zero-order chi connectivity index (χ0) is 14.8. The predicted octanol–water partition coefficient (Wildman–Crippen LogP) is 4.27. The van der Waals surface area contributed by atoms with E-state index in [0.29, 0.717) is 11.1 Å². The van der Waals surface area contributed by atoms with Crippen molar-refractivity contribution in [3.05, 3.63) is 53.8 Å². The van der Waals surface area contributed by atoms with E-state index in [9.17, 15) is 17.6 Å². The molecule has 0 radical (unpaired) electrons. The molecule has 0 aliphatic carbocycles. The van der Waals surface area contributed by atoms with Crippen LogP contribution >= 0.6 is 12.4 Å². The Morgan fingerprint density at radius 2 is 1.67 bits per heavy atom. The molecular formula is C14H12ClF4NO. The number of benzene rings is 2. The highest BCUT2D eigenvalue weighted by Crippen LogP contribution is 2.31. The van der Waals surface area contributed by atoms with Gasteiger partial charge >= 0.3 is 6.36 Å². The molecule has 0 saturated heterocycles. The van der Waals surface area contributed by atoms with Gasteiger partial charge in [0.15, 0.2) is 0 Å². The van der Waals surface area contributed by atoms with Gasteiger partial charge in [0.2, 0.25) is 0 Å². The molecule has 2 rings (SSSR count). The van der Waals surface area contributed by atoms with Gasteiger partial charge in [0, 0.05) is 12.1 Å². The Kier molecular flexibility index (Phi) is 5.57. The molecule has 0 bridgehead atoms. The summed E-state index contributed by atoms with van der Waals surface area (Å²) in [7, 11) is 0. The lowest BCUT2D eigenvalue weighted by atomic mass is 10.0. The molecule has 0 fully saturated rings. The van der Waals surface area contributed by atoms with Crippen LogP contribution in [-0.4, -0.2) is 6.36 Å². The molecule has 0 saturated carbocycles. The van der Waals surface area contributed by atoms with Gasteiger partial charge in [0.05, 0.1) is 0 Å². The molecular weight excluding hydrogens is 310 g/mol. The monoisotopic (exact) mass is 321 g/mol. The summed E-state index contributed by atoms with van der Waals surface area (Å²) in [5, 5.41) is 0. The van der Waals surface area contributed by atoms with E-state index in [-0.39, 0.29) is 30.3 Å². The Hall–Kier alpha value is -1.79. The van der Waals surface area contributed by atoms with Crippen molar-refractivity contribution in [1.82, 2.24) is 0 Å². The molecule has 2 aromatic rings. The van der Waals surface area contributed by atoms with Crippen LogP contribution in [-0.2, 0) is 6.54 Å². The Balaban J connectivity index is 0.00000220. The topological polar surface area (TPSA) is 35.2 Å². The molecule has 21 heavy (non-hydrogen) atoms. The van der Waals surface area contributed by atoms with E-state index in [2.05, 4.69) is 4.74 Å². The number of hydrogen-bond donors (Lipinski definition) is 1. The molecule has 0 amide bonds. The van der Waals surface area contributed by atoms with Gasteiger partial charge < -0.3 is 10.5 Å². The van der Waals surface area contributed by atoms with Gasteiger partial charge in [-0.2, -0.15) is 0 Å². The standard InChI is InChI=1S/C14H11F4NO.ClH/c15-12-3-1-2-9(6-12)10-4-5-11(8-19)13(7-10)20-14(16,17)18;/h1-7H,8,19H2;1H. The number of alkyl halides is 3. The third-order valence-corrected chi connectivity index (χ3v) is 2.67. The molecule has 0 unspecified atom stereocenters. The highest BCUT2D eigenvalue weighted by atomic mass is 35.5. The van der Waals surface area contributed by atoms with E-state index in [1.165, 1.54) is 30.3 Å². The molecule has 0 spiro atoms. The van der Waals surface area contributed by atoms with Crippen LogP contribution in [0, 0.1) is 5.82 Å². The number of halogens is 5. The first-order valence-corrected chi connectivity index (χ1v) is 5.74. The smallest absolute Gasteiger partial charge is 0.405 e. The lowest BCUT2D eigenvalue weighted by Crippen LogP contribution is -2.18. The van der Waals surface area contributed by atoms with E-state index < -0.39 is 12.2 Å². The average molecular weight is 322 g/mol. The molecule has 114 valence electrons. The lowest BCUT2D eigenvalue weighted by molar-refractivity contribution is -0.274. The second kappa shape index (κ2) is 6.78. The minimum Gasteiger partial charge on any atom is -0.405 e. The molecule has 0 heterocycles. The maximum atomic E-state index is 13.1. The summed E-state index contributed by atoms with van der Waals surface area (Å²) in [4.78, 5) is 0. The highest BCUT2D eigenvalue weighted by molar-refractivity contribution is 5.85. The van der Waals surface area contributed by atoms with Crippen molar-refractivity contribution in [2.24, 2.45) is 5.73 Å². The fourth-order valence-electron chi connectivity index (χ4n) is 1.79. The van der Waals surface area contributed by atoms with Gasteiger partial charge in [-0.1, -0.05) is 24.3 Å². The maximum Gasteiger partial charge on any atom is 0.573 e. The van der Waals surface area contributed by atoms with Crippen molar-refractivity contribution in [3.8, 4) is 16.9 Å². The van der Waals surface area contributed by atoms with Crippen LogP contribution in [0.3, 0.4) is 0 Å². The van der Waals surface area contributed by atoms with Crippen molar-refractivity contribution in [2.75, 3.05) is 0 Å². The quantitative estimate of drug-likeness (QED) is 0.857. The summed E-state index contributed by atoms with van der Waals surface area (Å²) in [5.74, 6) is -0.842. The van der Waals surface area contributed by atoms with Gasteiger partial charge in [-0.25, -0.2) is 4.39 Å². The molecule has 2 N–H and O–H groups in total. The number of ether oxygens (including phenoxy) is 1. The normalized spacial score (nSPS) is 10.9. The first-order valence-electron chi connectivity index (χ1n) is 5.74. The SMILES string of the molecule is Cl.NCc1ccc(-c2cccc(F)c2)cc1OC(F)(F)F. The molecule has 7 heteroatoms. The van der Waals surface area contributed by atoms with E-state index in [4.69, 9.17) is 5.73 Å². The van der Waals surface area contributed by atoms with E-state index in [1.54, 1.807) is 12.1 Å². The van der Waals surface area contributed by atoms with Crippen LogP contribution in [0.15, 0.2) is 42.5 Å². The first kappa shape index (κ1) is 17.3. The Labute approximate surface area is 124 Å². The van der Waals surface area contributed by atoms with Crippen molar-refractivity contribution < 1.29 is 22.3 Å². The van der Waals surface area contributed by atoms with Crippen LogP contribution in [0.2, 0.25) is 0 Å². The minimum atomic E-state index is -4.80. The van der Waals surface area contributed by atoms with Gasteiger partial charge in [-0.15, -0.1) is 25.6 Å². The Bertz CT molecular complexity index is 616. The lowest BCUT2D eigenvalue weighted by Gasteiger charge is -2.14. The third kappa shape index (κ3) is 4.61. The summed E-state index contributed by atoms with van der Waals surface area (Å²) in [6.45, 7) is -0.0884. The second-order valence-corrected chi connectivity index (χ2v) is 4.08. The minimum absolute atomic E-state index is 0. The summed E-state index contributed by atoms with van der Waals surface area (Å²) in [6, 6.07) is 9.76. The number of nitrogens with two attached hydrogens (primary N) is 1. The van der Waals surface area contributed by atoms with Crippen molar-refractivity contribution in [2.45, 2.75) is 12.9 Å². The fourth-order valence-corrected chi connectivity index (χ4v) is 1.79. The van der Waals surface area contributed by atoms with Crippen molar-refractivity contribution >= 4 is 12.4 Å². The maximum absolute atomic E-state index is 13.1. The van der Waals surface area contributed by atoms with Gasteiger partial charge in [-0.3, -0.25) is 0 Å². The molecule has 2 aromatic carbocycles. The Morgan fingerprint density at radius 1 is 1.00 bits per heavy atom. The summed E-state index contributed by atoms with van der Waals surface area (Å²) in [5.41, 5.74) is 6.48. The molecule has 2 nitrogen and oxygen atoms in total. The Morgan fingerprint density at radius 3 is 2.24 bits per heavy atom. The summed E-state index contributed by atoms with van der Waals surface area (Å²) >= 11 is 0. The van der Waals surface area contributed by atoms with E-state index in [0.717, 1.165) is 0 Å². The summed E-state index contributed by atoms with van der Waals surface area (Å²) in [6.07, 6.45) is -4.80. The average Bonchev–Trinajstić information content (AvgIpc) is 2.37. The molecule has 0 aliphatic rings. The van der Waals surface area contributed by atoms with Gasteiger partial charge in [-0.05, 0) is 29.3 Å². The number of hydrogen-bond acceptors (Lipinski definition) is 2. The van der Waals surface area contributed by atoms with Crippen molar-refractivity contribution in [3.63, 3.8) is 0 Å².